The third kappa shape index (κ3) is 2.68. The second-order valence-electron chi connectivity index (χ2n) is 7.75. The van der Waals surface area contributed by atoms with E-state index in [1.807, 2.05) is 27.7 Å². The molecule has 0 atom stereocenters. The van der Waals surface area contributed by atoms with Crippen molar-refractivity contribution >= 4 is 11.9 Å². The monoisotopic (exact) mass is 298 g/mol. The molecule has 5 heteroatoms. The lowest BCUT2D eigenvalue weighted by atomic mass is 9.51. The van der Waals surface area contributed by atoms with Crippen LogP contribution in [0, 0.1) is 22.7 Å². The number of carboxylic acids is 1. The first-order chi connectivity index (χ1) is 9.58. The second-order valence-corrected chi connectivity index (χ2v) is 7.75. The summed E-state index contributed by atoms with van der Waals surface area (Å²) in [5.74, 6) is -1.54. The van der Waals surface area contributed by atoms with Gasteiger partial charge >= 0.3 is 11.9 Å². The molecule has 2 aliphatic rings. The van der Waals surface area contributed by atoms with E-state index < -0.39 is 22.9 Å². The lowest BCUT2D eigenvalue weighted by Gasteiger charge is -2.60. The van der Waals surface area contributed by atoms with Crippen molar-refractivity contribution in [3.8, 4) is 0 Å². The fraction of sp³-hybridized carbons (Fsp3) is 0.875. The van der Waals surface area contributed by atoms with Crippen LogP contribution in [0.5, 0.6) is 0 Å². The molecule has 21 heavy (non-hydrogen) atoms. The summed E-state index contributed by atoms with van der Waals surface area (Å²) in [6.07, 6.45) is 1.43. The summed E-state index contributed by atoms with van der Waals surface area (Å²) in [6, 6.07) is 0. The third-order valence-electron chi connectivity index (χ3n) is 5.40. The average molecular weight is 298 g/mol. The highest BCUT2D eigenvalue weighted by Gasteiger charge is 2.63. The highest BCUT2D eigenvalue weighted by atomic mass is 16.6. The lowest BCUT2D eigenvalue weighted by molar-refractivity contribution is -0.261. The van der Waals surface area contributed by atoms with Gasteiger partial charge in [-0.2, -0.15) is 0 Å². The van der Waals surface area contributed by atoms with Crippen LogP contribution in [-0.4, -0.2) is 34.4 Å². The summed E-state index contributed by atoms with van der Waals surface area (Å²) < 4.78 is 5.68. The number of rotatable bonds is 3. The summed E-state index contributed by atoms with van der Waals surface area (Å²) in [5.41, 5.74) is -0.866. The van der Waals surface area contributed by atoms with Gasteiger partial charge in [-0.25, -0.2) is 0 Å². The van der Waals surface area contributed by atoms with E-state index in [4.69, 9.17) is 9.84 Å². The Balaban J connectivity index is 1.93. The Labute approximate surface area is 125 Å². The summed E-state index contributed by atoms with van der Waals surface area (Å²) in [6.45, 7) is 7.62. The van der Waals surface area contributed by atoms with Gasteiger partial charge in [0.15, 0.2) is 0 Å². The highest BCUT2D eigenvalue weighted by Crippen LogP contribution is 2.55. The van der Waals surface area contributed by atoms with E-state index in [1.165, 1.54) is 0 Å². The van der Waals surface area contributed by atoms with Gasteiger partial charge in [-0.1, -0.05) is 27.7 Å². The Hall–Kier alpha value is -1.10. The van der Waals surface area contributed by atoms with Gasteiger partial charge < -0.3 is 14.9 Å². The molecule has 2 aliphatic carbocycles. The van der Waals surface area contributed by atoms with Crippen molar-refractivity contribution in [1.82, 2.24) is 0 Å². The number of carbonyl (C=O) groups excluding carboxylic acids is 1. The van der Waals surface area contributed by atoms with Crippen molar-refractivity contribution in [2.75, 3.05) is 0 Å². The van der Waals surface area contributed by atoms with Gasteiger partial charge in [0.25, 0.3) is 0 Å². The Kier molecular flexibility index (Phi) is 4.08. The number of aliphatic carboxylic acids is 1. The van der Waals surface area contributed by atoms with Crippen LogP contribution in [0.2, 0.25) is 0 Å². The first-order valence-electron chi connectivity index (χ1n) is 7.69. The molecular formula is C16H26O5. The Morgan fingerprint density at radius 3 is 1.81 bits per heavy atom. The van der Waals surface area contributed by atoms with Crippen LogP contribution < -0.4 is 0 Å². The van der Waals surface area contributed by atoms with Crippen molar-refractivity contribution in [3.05, 3.63) is 0 Å². The second kappa shape index (κ2) is 5.27. The highest BCUT2D eigenvalue weighted by molar-refractivity contribution is 5.74. The van der Waals surface area contributed by atoms with Crippen molar-refractivity contribution in [2.24, 2.45) is 22.7 Å². The molecule has 0 saturated heterocycles. The molecule has 0 aromatic heterocycles. The maximum absolute atomic E-state index is 12.3. The fourth-order valence-electron chi connectivity index (χ4n) is 4.20. The fourth-order valence-corrected chi connectivity index (χ4v) is 4.20. The van der Waals surface area contributed by atoms with Crippen LogP contribution in [0.25, 0.3) is 0 Å². The SMILES string of the molecule is CC1(C)C(O)C(C)(C)C1OC(=O)C1CCC(C(=O)O)CC1. The van der Waals surface area contributed by atoms with E-state index in [-0.39, 0.29) is 23.9 Å². The molecule has 120 valence electrons. The van der Waals surface area contributed by atoms with Crippen LogP contribution in [0.15, 0.2) is 0 Å². The maximum Gasteiger partial charge on any atom is 0.309 e. The molecule has 2 fully saturated rings. The normalized spacial score (nSPS) is 37.4. The van der Waals surface area contributed by atoms with Crippen LogP contribution in [0.3, 0.4) is 0 Å². The topological polar surface area (TPSA) is 83.8 Å². The Morgan fingerprint density at radius 1 is 0.952 bits per heavy atom. The predicted molar refractivity (Wildman–Crippen MR) is 76.5 cm³/mol. The van der Waals surface area contributed by atoms with Crippen molar-refractivity contribution < 1.29 is 24.5 Å². The molecule has 0 heterocycles. The number of ether oxygens (including phenoxy) is 1. The van der Waals surface area contributed by atoms with Crippen molar-refractivity contribution in [3.63, 3.8) is 0 Å². The van der Waals surface area contributed by atoms with E-state index in [1.54, 1.807) is 0 Å². The quantitative estimate of drug-likeness (QED) is 0.780. The standard InChI is InChI=1S/C16H26O5/c1-15(2)13(20)16(3,4)14(15)21-12(19)10-7-5-9(6-8-10)11(17)18/h9-10,13-14,20H,5-8H2,1-4H3,(H,17,18). The molecule has 0 amide bonds. The lowest BCUT2D eigenvalue weighted by Crippen LogP contribution is -2.68. The zero-order chi connectivity index (χ0) is 16.0. The number of carbonyl (C=O) groups is 2. The molecule has 5 nitrogen and oxygen atoms in total. The third-order valence-corrected chi connectivity index (χ3v) is 5.40. The van der Waals surface area contributed by atoms with E-state index in [0.29, 0.717) is 25.7 Å². The van der Waals surface area contributed by atoms with Gasteiger partial charge in [-0.05, 0) is 25.7 Å². The van der Waals surface area contributed by atoms with Gasteiger partial charge in [0.2, 0.25) is 0 Å². The minimum absolute atomic E-state index is 0.204. The molecule has 2 saturated carbocycles. The van der Waals surface area contributed by atoms with Crippen LogP contribution in [0.4, 0.5) is 0 Å². The number of carboxylic acid groups (broad SMARTS) is 1. The number of aliphatic hydroxyl groups is 1. The summed E-state index contributed by atoms with van der Waals surface area (Å²) in [5, 5.41) is 19.1. The molecule has 0 aromatic rings. The first kappa shape index (κ1) is 16.3. The molecule has 0 radical (unpaired) electrons. The summed E-state index contributed by atoms with van der Waals surface area (Å²) in [7, 11) is 0. The largest absolute Gasteiger partial charge is 0.481 e. The van der Waals surface area contributed by atoms with Crippen molar-refractivity contribution in [1.29, 1.82) is 0 Å². The molecule has 2 rings (SSSR count). The van der Waals surface area contributed by atoms with Crippen LogP contribution in [-0.2, 0) is 14.3 Å². The maximum atomic E-state index is 12.3. The van der Waals surface area contributed by atoms with E-state index >= 15 is 0 Å². The zero-order valence-electron chi connectivity index (χ0n) is 13.3. The van der Waals surface area contributed by atoms with Gasteiger partial charge in [0.1, 0.15) is 6.10 Å². The van der Waals surface area contributed by atoms with Crippen LogP contribution >= 0.6 is 0 Å². The minimum atomic E-state index is -0.772. The number of aliphatic hydroxyl groups excluding tert-OH is 1. The molecular weight excluding hydrogens is 272 g/mol. The van der Waals surface area contributed by atoms with Gasteiger partial charge in [-0.3, -0.25) is 9.59 Å². The van der Waals surface area contributed by atoms with Gasteiger partial charge in [0, 0.05) is 10.8 Å². The van der Waals surface area contributed by atoms with Gasteiger partial charge in [-0.15, -0.1) is 0 Å². The van der Waals surface area contributed by atoms with Gasteiger partial charge in [0.05, 0.1) is 17.9 Å². The van der Waals surface area contributed by atoms with E-state index in [9.17, 15) is 14.7 Å². The minimum Gasteiger partial charge on any atom is -0.481 e. The number of hydrogen-bond acceptors (Lipinski definition) is 4. The molecule has 0 bridgehead atoms. The smallest absolute Gasteiger partial charge is 0.309 e. The number of hydrogen-bond donors (Lipinski definition) is 2. The van der Waals surface area contributed by atoms with Crippen molar-refractivity contribution in [2.45, 2.75) is 65.6 Å². The molecule has 0 unspecified atom stereocenters. The zero-order valence-corrected chi connectivity index (χ0v) is 13.3. The Morgan fingerprint density at radius 2 is 1.38 bits per heavy atom. The number of esters is 1. The van der Waals surface area contributed by atoms with E-state index in [2.05, 4.69) is 0 Å². The van der Waals surface area contributed by atoms with Crippen LogP contribution in [0.1, 0.15) is 53.4 Å². The Bertz CT molecular complexity index is 416. The van der Waals surface area contributed by atoms with E-state index in [0.717, 1.165) is 0 Å². The molecule has 0 spiro atoms. The first-order valence-corrected chi connectivity index (χ1v) is 7.69. The molecule has 2 N–H and O–H groups in total. The summed E-state index contributed by atoms with van der Waals surface area (Å²) >= 11 is 0. The predicted octanol–water partition coefficient (Wildman–Crippen LogP) is 2.22. The average Bonchev–Trinajstić information content (AvgIpc) is 2.43. The summed E-state index contributed by atoms with van der Waals surface area (Å²) in [4.78, 5) is 23.2. The molecule has 0 aromatic carbocycles. The molecule has 0 aliphatic heterocycles.